The first-order valence-electron chi connectivity index (χ1n) is 6.74. The van der Waals surface area contributed by atoms with Crippen molar-refractivity contribution in [3.05, 3.63) is 0 Å². The fourth-order valence-corrected chi connectivity index (χ4v) is 3.01. The van der Waals surface area contributed by atoms with Crippen LogP contribution in [0.25, 0.3) is 0 Å². The molecule has 0 bridgehead atoms. The highest BCUT2D eigenvalue weighted by Gasteiger charge is 2.39. The van der Waals surface area contributed by atoms with Crippen molar-refractivity contribution in [2.45, 2.75) is 69.9 Å². The predicted octanol–water partition coefficient (Wildman–Crippen LogP) is 1.95. The van der Waals surface area contributed by atoms with Gasteiger partial charge in [-0.15, -0.1) is 0 Å². The molecule has 1 amide bonds. The molecule has 92 valence electrons. The van der Waals surface area contributed by atoms with Crippen LogP contribution in [0, 0.1) is 5.92 Å². The third-order valence-electron chi connectivity index (χ3n) is 4.53. The first-order valence-corrected chi connectivity index (χ1v) is 6.74. The van der Waals surface area contributed by atoms with E-state index in [1.165, 1.54) is 12.8 Å². The molecule has 0 heterocycles. The molecule has 0 aromatic rings. The molecule has 0 saturated heterocycles. The summed E-state index contributed by atoms with van der Waals surface area (Å²) >= 11 is 0. The molecule has 2 unspecified atom stereocenters. The van der Waals surface area contributed by atoms with Gasteiger partial charge in [0.2, 0.25) is 5.91 Å². The molecule has 0 aromatic carbocycles. The lowest BCUT2D eigenvalue weighted by Crippen LogP contribution is -2.56. The second-order valence-electron chi connectivity index (χ2n) is 5.53. The van der Waals surface area contributed by atoms with E-state index in [9.17, 15) is 4.79 Å². The topological polar surface area (TPSA) is 55.1 Å². The van der Waals surface area contributed by atoms with Crippen molar-refractivity contribution < 1.29 is 4.79 Å². The average molecular weight is 224 g/mol. The lowest BCUT2D eigenvalue weighted by Gasteiger charge is -2.43. The van der Waals surface area contributed by atoms with Gasteiger partial charge in [-0.25, -0.2) is 0 Å². The Bertz CT molecular complexity index is 255. The van der Waals surface area contributed by atoms with Crippen LogP contribution in [0.15, 0.2) is 0 Å². The van der Waals surface area contributed by atoms with Crippen molar-refractivity contribution >= 4 is 5.91 Å². The normalized spacial score (nSPS) is 32.9. The number of carbonyl (C=O) groups is 1. The van der Waals surface area contributed by atoms with Crippen LogP contribution in [-0.2, 0) is 4.79 Å². The molecule has 0 aromatic heterocycles. The Morgan fingerprint density at radius 1 is 1.31 bits per heavy atom. The summed E-state index contributed by atoms with van der Waals surface area (Å²) < 4.78 is 0. The van der Waals surface area contributed by atoms with E-state index in [0.717, 1.165) is 38.5 Å². The molecule has 2 atom stereocenters. The minimum Gasteiger partial charge on any atom is -0.350 e. The summed E-state index contributed by atoms with van der Waals surface area (Å²) in [4.78, 5) is 12.2. The summed E-state index contributed by atoms with van der Waals surface area (Å²) in [6.07, 6.45) is 8.94. The van der Waals surface area contributed by atoms with Crippen molar-refractivity contribution in [2.75, 3.05) is 0 Å². The van der Waals surface area contributed by atoms with Crippen molar-refractivity contribution in [1.29, 1.82) is 0 Å². The Morgan fingerprint density at radius 3 is 2.50 bits per heavy atom. The van der Waals surface area contributed by atoms with Gasteiger partial charge in [-0.2, -0.15) is 0 Å². The highest BCUT2D eigenvalue weighted by atomic mass is 16.2. The van der Waals surface area contributed by atoms with Gasteiger partial charge in [0.15, 0.2) is 0 Å². The van der Waals surface area contributed by atoms with E-state index < -0.39 is 0 Å². The van der Waals surface area contributed by atoms with Crippen LogP contribution in [0.1, 0.15) is 58.3 Å². The largest absolute Gasteiger partial charge is 0.350 e. The van der Waals surface area contributed by atoms with Gasteiger partial charge < -0.3 is 11.1 Å². The number of amides is 1. The molecule has 3 nitrogen and oxygen atoms in total. The van der Waals surface area contributed by atoms with E-state index in [0.29, 0.717) is 0 Å². The fraction of sp³-hybridized carbons (Fsp3) is 0.923. The van der Waals surface area contributed by atoms with Gasteiger partial charge in [-0.05, 0) is 38.5 Å². The second kappa shape index (κ2) is 4.74. The van der Waals surface area contributed by atoms with Crippen molar-refractivity contribution in [3.8, 4) is 0 Å². The number of nitrogens with one attached hydrogen (secondary N) is 1. The summed E-state index contributed by atoms with van der Waals surface area (Å²) in [5.41, 5.74) is 6.16. The zero-order chi connectivity index (χ0) is 11.6. The first kappa shape index (κ1) is 11.9. The molecule has 0 spiro atoms. The Labute approximate surface area is 98.2 Å². The number of carbonyl (C=O) groups excluding carboxylic acids is 1. The third kappa shape index (κ3) is 2.24. The van der Waals surface area contributed by atoms with Crippen LogP contribution in [0.3, 0.4) is 0 Å². The number of hydrogen-bond donors (Lipinski definition) is 2. The molecule has 16 heavy (non-hydrogen) atoms. The molecule has 2 saturated carbocycles. The zero-order valence-corrected chi connectivity index (χ0v) is 10.3. The van der Waals surface area contributed by atoms with Crippen LogP contribution in [-0.4, -0.2) is 17.5 Å². The molecule has 2 aliphatic carbocycles. The van der Waals surface area contributed by atoms with E-state index >= 15 is 0 Å². The smallest absolute Gasteiger partial charge is 0.225 e. The lowest BCUT2D eigenvalue weighted by atomic mass is 9.74. The molecule has 2 rings (SSSR count). The van der Waals surface area contributed by atoms with Crippen molar-refractivity contribution in [1.82, 2.24) is 5.32 Å². The predicted molar refractivity (Wildman–Crippen MR) is 64.9 cm³/mol. The van der Waals surface area contributed by atoms with Gasteiger partial charge in [0.05, 0.1) is 5.92 Å². The quantitative estimate of drug-likeness (QED) is 0.770. The van der Waals surface area contributed by atoms with Crippen molar-refractivity contribution in [3.63, 3.8) is 0 Å². The first-order chi connectivity index (χ1) is 7.67. The third-order valence-corrected chi connectivity index (χ3v) is 4.53. The Balaban J connectivity index is 1.91. The van der Waals surface area contributed by atoms with E-state index in [2.05, 4.69) is 12.2 Å². The average Bonchev–Trinajstić information content (AvgIpc) is 2.24. The standard InChI is InChI=1S/C13H24N2O/c1-2-13(8-5-9-13)15-12(16)10-6-3-4-7-11(10)14/h10-11H,2-9,14H2,1H3,(H,15,16). The summed E-state index contributed by atoms with van der Waals surface area (Å²) in [7, 11) is 0. The molecule has 2 aliphatic rings. The molecular weight excluding hydrogens is 200 g/mol. The maximum Gasteiger partial charge on any atom is 0.225 e. The maximum absolute atomic E-state index is 12.2. The second-order valence-corrected chi connectivity index (χ2v) is 5.53. The summed E-state index contributed by atoms with van der Waals surface area (Å²) in [5.74, 6) is 0.284. The molecule has 0 aliphatic heterocycles. The molecule has 0 radical (unpaired) electrons. The fourth-order valence-electron chi connectivity index (χ4n) is 3.01. The molecule has 2 fully saturated rings. The molecule has 3 N–H and O–H groups in total. The number of nitrogens with two attached hydrogens (primary N) is 1. The van der Waals surface area contributed by atoms with E-state index in [-0.39, 0.29) is 23.4 Å². The van der Waals surface area contributed by atoms with Gasteiger partial charge in [0, 0.05) is 11.6 Å². The van der Waals surface area contributed by atoms with E-state index in [4.69, 9.17) is 5.73 Å². The summed E-state index contributed by atoms with van der Waals surface area (Å²) in [6.45, 7) is 2.17. The van der Waals surface area contributed by atoms with Crippen LogP contribution in [0.2, 0.25) is 0 Å². The highest BCUT2D eigenvalue weighted by Crippen LogP contribution is 2.35. The van der Waals surface area contributed by atoms with Crippen LogP contribution >= 0.6 is 0 Å². The Kier molecular flexibility index (Phi) is 3.53. The minimum absolute atomic E-state index is 0.0674. The summed E-state index contributed by atoms with van der Waals surface area (Å²) in [6, 6.07) is 0.0859. The minimum atomic E-state index is 0.0674. The number of rotatable bonds is 3. The van der Waals surface area contributed by atoms with Crippen LogP contribution in [0.4, 0.5) is 0 Å². The monoisotopic (exact) mass is 224 g/mol. The van der Waals surface area contributed by atoms with Gasteiger partial charge >= 0.3 is 0 Å². The van der Waals surface area contributed by atoms with E-state index in [1.54, 1.807) is 0 Å². The van der Waals surface area contributed by atoms with Crippen LogP contribution < -0.4 is 11.1 Å². The Hall–Kier alpha value is -0.570. The number of hydrogen-bond acceptors (Lipinski definition) is 2. The Morgan fingerprint density at radius 2 is 2.00 bits per heavy atom. The maximum atomic E-state index is 12.2. The van der Waals surface area contributed by atoms with Crippen LogP contribution in [0.5, 0.6) is 0 Å². The van der Waals surface area contributed by atoms with Gasteiger partial charge in [0.25, 0.3) is 0 Å². The highest BCUT2D eigenvalue weighted by molar-refractivity contribution is 5.80. The summed E-state index contributed by atoms with van der Waals surface area (Å²) in [5, 5.41) is 3.26. The zero-order valence-electron chi connectivity index (χ0n) is 10.3. The lowest BCUT2D eigenvalue weighted by molar-refractivity contribution is -0.129. The van der Waals surface area contributed by atoms with Crippen molar-refractivity contribution in [2.24, 2.45) is 11.7 Å². The van der Waals surface area contributed by atoms with Gasteiger partial charge in [-0.3, -0.25) is 4.79 Å². The van der Waals surface area contributed by atoms with E-state index in [1.807, 2.05) is 0 Å². The van der Waals surface area contributed by atoms with Gasteiger partial charge in [-0.1, -0.05) is 19.8 Å². The SMILES string of the molecule is CCC1(NC(=O)C2CCCCC2N)CCC1. The molecule has 3 heteroatoms. The van der Waals surface area contributed by atoms with Gasteiger partial charge in [0.1, 0.15) is 0 Å². The molecular formula is C13H24N2O.